The molecule has 1 unspecified atom stereocenters. The summed E-state index contributed by atoms with van der Waals surface area (Å²) in [6, 6.07) is 5.29. The van der Waals surface area contributed by atoms with Gasteiger partial charge in [0, 0.05) is 6.07 Å². The van der Waals surface area contributed by atoms with Crippen LogP contribution in [0.25, 0.3) is 0 Å². The molecule has 1 rings (SSSR count). The van der Waals surface area contributed by atoms with Gasteiger partial charge in [0.2, 0.25) is 0 Å². The van der Waals surface area contributed by atoms with Crippen molar-refractivity contribution >= 4 is 11.7 Å². The number of hydrogen-bond donors (Lipinski definition) is 0. The third kappa shape index (κ3) is 3.61. The molecular weight excluding hydrogens is 253 g/mol. The minimum absolute atomic E-state index is 0.210. The van der Waals surface area contributed by atoms with Crippen LogP contribution in [0.2, 0.25) is 0 Å². The number of nitro groups is 1. The summed E-state index contributed by atoms with van der Waals surface area (Å²) in [6.45, 7) is 6.54. The van der Waals surface area contributed by atoms with E-state index in [0.29, 0.717) is 0 Å². The van der Waals surface area contributed by atoms with E-state index in [9.17, 15) is 19.3 Å². The number of para-hydroxylation sites is 1. The van der Waals surface area contributed by atoms with Crippen molar-refractivity contribution in [3.63, 3.8) is 0 Å². The molecule has 0 bridgehead atoms. The fourth-order valence-corrected chi connectivity index (χ4v) is 1.45. The summed E-state index contributed by atoms with van der Waals surface area (Å²) in [4.78, 5) is 21.6. The van der Waals surface area contributed by atoms with Gasteiger partial charge in [-0.05, 0) is 19.9 Å². The van der Waals surface area contributed by atoms with E-state index in [0.717, 1.165) is 0 Å². The van der Waals surface area contributed by atoms with Crippen LogP contribution in [0.15, 0.2) is 36.4 Å². The highest BCUT2D eigenvalue weighted by Gasteiger charge is 2.28. The van der Waals surface area contributed by atoms with Gasteiger partial charge >= 0.3 is 5.97 Å². The van der Waals surface area contributed by atoms with Gasteiger partial charge in [-0.3, -0.25) is 10.1 Å². The summed E-state index contributed by atoms with van der Waals surface area (Å²) in [7, 11) is 0. The summed E-state index contributed by atoms with van der Waals surface area (Å²) in [6.07, 6.45) is -2.38. The maximum absolute atomic E-state index is 14.1. The smallest absolute Gasteiger partial charge is 0.336 e. The third-order valence-corrected chi connectivity index (χ3v) is 2.32. The maximum Gasteiger partial charge on any atom is 0.336 e. The number of ether oxygens (including phenoxy) is 1. The summed E-state index contributed by atoms with van der Waals surface area (Å²) >= 11 is 0. The van der Waals surface area contributed by atoms with E-state index < -0.39 is 34.4 Å². The molecule has 6 heteroatoms. The molecule has 0 aliphatic rings. The molecule has 0 aliphatic carbocycles. The molecule has 5 nitrogen and oxygen atoms in total. The Morgan fingerprint density at radius 3 is 2.53 bits per heavy atom. The van der Waals surface area contributed by atoms with Crippen LogP contribution in [0.5, 0.6) is 0 Å². The van der Waals surface area contributed by atoms with Gasteiger partial charge in [0.15, 0.2) is 6.17 Å². The maximum atomic E-state index is 14.1. The molecule has 0 aromatic heterocycles. The molecule has 0 aliphatic heterocycles. The Labute approximate surface area is 109 Å². The van der Waals surface area contributed by atoms with Crippen molar-refractivity contribution < 1.29 is 18.8 Å². The van der Waals surface area contributed by atoms with Gasteiger partial charge in [0.25, 0.3) is 5.69 Å². The largest absolute Gasteiger partial charge is 0.460 e. The van der Waals surface area contributed by atoms with Gasteiger partial charge in [-0.1, -0.05) is 18.7 Å². The van der Waals surface area contributed by atoms with E-state index >= 15 is 0 Å². The lowest BCUT2D eigenvalue weighted by Crippen LogP contribution is -2.16. The van der Waals surface area contributed by atoms with Gasteiger partial charge < -0.3 is 4.74 Å². The summed E-state index contributed by atoms with van der Waals surface area (Å²) in [5.74, 6) is -0.902. The first-order chi connectivity index (χ1) is 8.84. The quantitative estimate of drug-likeness (QED) is 0.356. The average molecular weight is 267 g/mol. The van der Waals surface area contributed by atoms with Crippen LogP contribution in [-0.4, -0.2) is 17.0 Å². The lowest BCUT2D eigenvalue weighted by atomic mass is 10.0. The molecular formula is C13H14FNO4. The predicted octanol–water partition coefficient (Wildman–Crippen LogP) is 3.11. The fourth-order valence-electron chi connectivity index (χ4n) is 1.45. The number of halogens is 1. The second-order valence-electron chi connectivity index (χ2n) is 4.16. The zero-order chi connectivity index (χ0) is 14.6. The molecule has 0 heterocycles. The van der Waals surface area contributed by atoms with E-state index in [-0.39, 0.29) is 5.56 Å². The lowest BCUT2D eigenvalue weighted by Gasteiger charge is -2.13. The van der Waals surface area contributed by atoms with Crippen LogP contribution in [-0.2, 0) is 9.53 Å². The van der Waals surface area contributed by atoms with E-state index in [1.807, 2.05) is 0 Å². The summed E-state index contributed by atoms with van der Waals surface area (Å²) in [5, 5.41) is 10.8. The SMILES string of the molecule is C=C(C(=O)OC(C)C)C(F)c1ccccc1[N+](=O)[O-]. The molecule has 0 saturated heterocycles. The van der Waals surface area contributed by atoms with Crippen molar-refractivity contribution in [2.45, 2.75) is 26.1 Å². The minimum Gasteiger partial charge on any atom is -0.460 e. The Kier molecular flexibility index (Phi) is 4.74. The topological polar surface area (TPSA) is 69.4 Å². The van der Waals surface area contributed by atoms with Crippen LogP contribution in [0.1, 0.15) is 25.6 Å². The number of rotatable bonds is 5. The van der Waals surface area contributed by atoms with Crippen LogP contribution >= 0.6 is 0 Å². The molecule has 19 heavy (non-hydrogen) atoms. The molecule has 1 aromatic carbocycles. The zero-order valence-electron chi connectivity index (χ0n) is 10.6. The molecule has 1 aromatic rings. The second-order valence-corrected chi connectivity index (χ2v) is 4.16. The molecule has 102 valence electrons. The van der Waals surface area contributed by atoms with Gasteiger partial charge in [-0.15, -0.1) is 0 Å². The third-order valence-electron chi connectivity index (χ3n) is 2.32. The standard InChI is InChI=1S/C13H14FNO4/c1-8(2)19-13(16)9(3)12(14)10-6-4-5-7-11(10)15(17)18/h4-8,12H,3H2,1-2H3. The normalized spacial score (nSPS) is 12.0. The molecule has 0 N–H and O–H groups in total. The minimum atomic E-state index is -1.96. The number of nitrogens with zero attached hydrogens (tertiary/aromatic N) is 1. The summed E-state index contributed by atoms with van der Waals surface area (Å²) < 4.78 is 19.0. The number of nitro benzene ring substituents is 1. The monoisotopic (exact) mass is 267 g/mol. The van der Waals surface area contributed by atoms with Crippen molar-refractivity contribution in [2.24, 2.45) is 0 Å². The Hall–Kier alpha value is -2.24. The summed E-state index contributed by atoms with van der Waals surface area (Å²) in [5.41, 5.74) is -1.06. The molecule has 0 fully saturated rings. The fraction of sp³-hybridized carbons (Fsp3) is 0.308. The van der Waals surface area contributed by atoms with Gasteiger partial charge in [-0.2, -0.15) is 0 Å². The van der Waals surface area contributed by atoms with E-state index in [2.05, 4.69) is 6.58 Å². The van der Waals surface area contributed by atoms with Gasteiger partial charge in [-0.25, -0.2) is 9.18 Å². The van der Waals surface area contributed by atoms with E-state index in [1.165, 1.54) is 24.3 Å². The Balaban J connectivity index is 3.00. The molecule has 0 spiro atoms. The highest BCUT2D eigenvalue weighted by Crippen LogP contribution is 2.32. The number of alkyl halides is 1. The number of hydrogen-bond acceptors (Lipinski definition) is 4. The van der Waals surface area contributed by atoms with Crippen LogP contribution < -0.4 is 0 Å². The molecule has 0 radical (unpaired) electrons. The highest BCUT2D eigenvalue weighted by molar-refractivity contribution is 5.89. The van der Waals surface area contributed by atoms with Crippen LogP contribution in [0.3, 0.4) is 0 Å². The number of esters is 1. The van der Waals surface area contributed by atoms with Crippen molar-refractivity contribution in [2.75, 3.05) is 0 Å². The predicted molar refractivity (Wildman–Crippen MR) is 67.3 cm³/mol. The Morgan fingerprint density at radius 1 is 1.42 bits per heavy atom. The number of benzene rings is 1. The number of carbonyl (C=O) groups excluding carboxylic acids is 1. The molecule has 0 amide bonds. The Bertz CT molecular complexity index is 513. The lowest BCUT2D eigenvalue weighted by molar-refractivity contribution is -0.385. The second kappa shape index (κ2) is 6.08. The van der Waals surface area contributed by atoms with Crippen molar-refractivity contribution in [3.05, 3.63) is 52.1 Å². The zero-order valence-corrected chi connectivity index (χ0v) is 10.6. The van der Waals surface area contributed by atoms with Crippen molar-refractivity contribution in [3.8, 4) is 0 Å². The average Bonchev–Trinajstić information content (AvgIpc) is 2.36. The van der Waals surface area contributed by atoms with Crippen LogP contribution in [0, 0.1) is 10.1 Å². The van der Waals surface area contributed by atoms with Gasteiger partial charge in [0.05, 0.1) is 22.2 Å². The van der Waals surface area contributed by atoms with Crippen LogP contribution in [0.4, 0.5) is 10.1 Å². The van der Waals surface area contributed by atoms with Gasteiger partial charge in [0.1, 0.15) is 0 Å². The molecule has 0 saturated carbocycles. The number of carbonyl (C=O) groups is 1. The Morgan fingerprint density at radius 2 is 2.00 bits per heavy atom. The van der Waals surface area contributed by atoms with Crippen molar-refractivity contribution in [1.29, 1.82) is 0 Å². The highest BCUT2D eigenvalue weighted by atomic mass is 19.1. The van der Waals surface area contributed by atoms with E-state index in [4.69, 9.17) is 4.74 Å². The molecule has 1 atom stereocenters. The van der Waals surface area contributed by atoms with E-state index in [1.54, 1.807) is 13.8 Å². The van der Waals surface area contributed by atoms with Crippen molar-refractivity contribution in [1.82, 2.24) is 0 Å². The first-order valence-corrected chi connectivity index (χ1v) is 5.61. The first kappa shape index (κ1) is 14.8. The first-order valence-electron chi connectivity index (χ1n) is 5.61.